The molecule has 2 fully saturated rings. The molecule has 1 heterocycles. The zero-order valence-electron chi connectivity index (χ0n) is 12.5. The summed E-state index contributed by atoms with van der Waals surface area (Å²) in [5, 5.41) is 0. The largest absolute Gasteiger partial charge is 0.374 e. The van der Waals surface area contributed by atoms with Gasteiger partial charge in [0.2, 0.25) is 5.91 Å². The van der Waals surface area contributed by atoms with Crippen LogP contribution in [-0.4, -0.2) is 87.2 Å². The Balaban J connectivity index is 1.86. The van der Waals surface area contributed by atoms with E-state index < -0.39 is 0 Å². The Kier molecular flexibility index (Phi) is 5.19. The molecule has 1 aliphatic heterocycles. The van der Waals surface area contributed by atoms with Crippen LogP contribution in [-0.2, 0) is 9.53 Å². The molecule has 110 valence electrons. The maximum absolute atomic E-state index is 12.3. The van der Waals surface area contributed by atoms with Crippen molar-refractivity contribution in [1.29, 1.82) is 0 Å². The molecule has 0 unspecified atom stereocenters. The summed E-state index contributed by atoms with van der Waals surface area (Å²) in [4.78, 5) is 18.5. The summed E-state index contributed by atoms with van der Waals surface area (Å²) in [6, 6.07) is 0. The van der Waals surface area contributed by atoms with E-state index in [0.717, 1.165) is 38.7 Å². The lowest BCUT2D eigenvalue weighted by molar-refractivity contribution is -0.135. The van der Waals surface area contributed by atoms with E-state index in [4.69, 9.17) is 4.74 Å². The number of carbonyl (C=O) groups is 1. The number of carbonyl (C=O) groups excluding carboxylic acids is 1. The van der Waals surface area contributed by atoms with Crippen molar-refractivity contribution in [2.75, 3.05) is 60.5 Å². The first-order chi connectivity index (χ1) is 9.04. The zero-order valence-corrected chi connectivity index (χ0v) is 12.5. The minimum absolute atomic E-state index is 0.170. The van der Waals surface area contributed by atoms with Gasteiger partial charge in [0.15, 0.2) is 0 Å². The summed E-state index contributed by atoms with van der Waals surface area (Å²) in [7, 11) is 6.00. The SMILES string of the molecule is CN(C)CC(=O)N(CC1CC1)C[C@H]1CN(C)CCO1. The fraction of sp³-hybridized carbons (Fsp3) is 0.929. The third kappa shape index (κ3) is 5.09. The first-order valence-corrected chi connectivity index (χ1v) is 7.27. The van der Waals surface area contributed by atoms with Gasteiger partial charge in [-0.25, -0.2) is 0 Å². The molecule has 0 aromatic carbocycles. The van der Waals surface area contributed by atoms with Gasteiger partial charge < -0.3 is 19.4 Å². The van der Waals surface area contributed by atoms with Crippen LogP contribution in [0.5, 0.6) is 0 Å². The molecule has 1 aliphatic carbocycles. The summed E-state index contributed by atoms with van der Waals surface area (Å²) in [5.41, 5.74) is 0. The third-order valence-corrected chi connectivity index (χ3v) is 3.75. The summed E-state index contributed by atoms with van der Waals surface area (Å²) < 4.78 is 5.79. The number of rotatable bonds is 6. The maximum atomic E-state index is 12.3. The second-order valence-electron chi connectivity index (χ2n) is 6.23. The van der Waals surface area contributed by atoms with E-state index >= 15 is 0 Å². The van der Waals surface area contributed by atoms with Gasteiger partial charge in [-0.15, -0.1) is 0 Å². The van der Waals surface area contributed by atoms with E-state index in [0.29, 0.717) is 6.54 Å². The highest BCUT2D eigenvalue weighted by molar-refractivity contribution is 5.78. The molecule has 1 saturated heterocycles. The number of hydrogen-bond donors (Lipinski definition) is 0. The monoisotopic (exact) mass is 269 g/mol. The third-order valence-electron chi connectivity index (χ3n) is 3.75. The van der Waals surface area contributed by atoms with Crippen LogP contribution in [0, 0.1) is 5.92 Å². The first-order valence-electron chi connectivity index (χ1n) is 7.27. The van der Waals surface area contributed by atoms with Crippen molar-refractivity contribution in [2.24, 2.45) is 5.92 Å². The molecule has 2 rings (SSSR count). The van der Waals surface area contributed by atoms with E-state index in [9.17, 15) is 4.79 Å². The van der Waals surface area contributed by atoms with Crippen molar-refractivity contribution in [1.82, 2.24) is 14.7 Å². The number of ether oxygens (including phenoxy) is 1. The van der Waals surface area contributed by atoms with Gasteiger partial charge in [-0.3, -0.25) is 4.79 Å². The molecule has 1 amide bonds. The summed E-state index contributed by atoms with van der Waals surface area (Å²) in [6.07, 6.45) is 2.72. The minimum Gasteiger partial charge on any atom is -0.374 e. The molecule has 0 aromatic heterocycles. The summed E-state index contributed by atoms with van der Waals surface area (Å²) in [5.74, 6) is 0.959. The molecule has 0 aromatic rings. The molecule has 0 bridgehead atoms. The number of amides is 1. The summed E-state index contributed by atoms with van der Waals surface area (Å²) >= 11 is 0. The number of hydrogen-bond acceptors (Lipinski definition) is 4. The fourth-order valence-corrected chi connectivity index (χ4v) is 2.48. The van der Waals surface area contributed by atoms with Crippen LogP contribution < -0.4 is 0 Å². The molecular weight excluding hydrogens is 242 g/mol. The van der Waals surface area contributed by atoms with Crippen molar-refractivity contribution in [3.8, 4) is 0 Å². The van der Waals surface area contributed by atoms with E-state index in [1.165, 1.54) is 12.8 Å². The van der Waals surface area contributed by atoms with Gasteiger partial charge >= 0.3 is 0 Å². The first kappa shape index (κ1) is 14.8. The fourth-order valence-electron chi connectivity index (χ4n) is 2.48. The standard InChI is InChI=1S/C14H27N3O2/c1-15(2)11-14(18)17(8-12-4-5-12)10-13-9-16(3)6-7-19-13/h12-13H,4-11H2,1-3H3/t13-/m1/s1. The van der Waals surface area contributed by atoms with E-state index in [1.807, 2.05) is 23.9 Å². The van der Waals surface area contributed by atoms with Crippen LogP contribution in [0.15, 0.2) is 0 Å². The Morgan fingerprint density at radius 1 is 1.32 bits per heavy atom. The second-order valence-corrected chi connectivity index (χ2v) is 6.23. The Labute approximate surface area is 116 Å². The molecular formula is C14H27N3O2. The number of likely N-dealkylation sites (N-methyl/N-ethyl adjacent to an activating group) is 2. The normalized spacial score (nSPS) is 24.7. The highest BCUT2D eigenvalue weighted by atomic mass is 16.5. The highest BCUT2D eigenvalue weighted by Crippen LogP contribution is 2.30. The predicted molar refractivity (Wildman–Crippen MR) is 75.1 cm³/mol. The Bertz CT molecular complexity index is 305. The van der Waals surface area contributed by atoms with Crippen molar-refractivity contribution >= 4 is 5.91 Å². The lowest BCUT2D eigenvalue weighted by Crippen LogP contribution is -2.49. The van der Waals surface area contributed by atoms with Crippen LogP contribution in [0.2, 0.25) is 0 Å². The van der Waals surface area contributed by atoms with Gasteiger partial charge in [0.1, 0.15) is 0 Å². The zero-order chi connectivity index (χ0) is 13.8. The van der Waals surface area contributed by atoms with Crippen LogP contribution in [0.4, 0.5) is 0 Å². The minimum atomic E-state index is 0.170. The smallest absolute Gasteiger partial charge is 0.236 e. The number of morpholine rings is 1. The lowest BCUT2D eigenvalue weighted by Gasteiger charge is -2.34. The molecule has 5 heteroatoms. The Morgan fingerprint density at radius 3 is 2.63 bits per heavy atom. The summed E-state index contributed by atoms with van der Waals surface area (Å²) in [6.45, 7) is 4.85. The second kappa shape index (κ2) is 6.68. The van der Waals surface area contributed by atoms with Gasteiger partial charge in [-0.2, -0.15) is 0 Å². The molecule has 5 nitrogen and oxygen atoms in total. The van der Waals surface area contributed by atoms with Crippen molar-refractivity contribution in [2.45, 2.75) is 18.9 Å². The maximum Gasteiger partial charge on any atom is 0.236 e. The molecule has 0 N–H and O–H groups in total. The molecule has 0 radical (unpaired) electrons. The average Bonchev–Trinajstić information content (AvgIpc) is 3.11. The van der Waals surface area contributed by atoms with Crippen LogP contribution >= 0.6 is 0 Å². The average molecular weight is 269 g/mol. The quantitative estimate of drug-likeness (QED) is 0.686. The van der Waals surface area contributed by atoms with Crippen LogP contribution in [0.25, 0.3) is 0 Å². The van der Waals surface area contributed by atoms with Crippen LogP contribution in [0.1, 0.15) is 12.8 Å². The molecule has 19 heavy (non-hydrogen) atoms. The van der Waals surface area contributed by atoms with E-state index in [1.54, 1.807) is 0 Å². The van der Waals surface area contributed by atoms with Gasteiger partial charge in [-0.05, 0) is 39.9 Å². The highest BCUT2D eigenvalue weighted by Gasteiger charge is 2.29. The van der Waals surface area contributed by atoms with Gasteiger partial charge in [-0.1, -0.05) is 0 Å². The van der Waals surface area contributed by atoms with E-state index in [2.05, 4.69) is 11.9 Å². The Morgan fingerprint density at radius 2 is 2.05 bits per heavy atom. The molecule has 1 saturated carbocycles. The van der Waals surface area contributed by atoms with Gasteiger partial charge in [0.25, 0.3) is 0 Å². The molecule has 1 atom stereocenters. The van der Waals surface area contributed by atoms with E-state index in [-0.39, 0.29) is 12.0 Å². The molecule has 0 spiro atoms. The number of nitrogens with zero attached hydrogens (tertiary/aromatic N) is 3. The Hall–Kier alpha value is -0.650. The van der Waals surface area contributed by atoms with Crippen molar-refractivity contribution in [3.05, 3.63) is 0 Å². The van der Waals surface area contributed by atoms with Crippen molar-refractivity contribution in [3.63, 3.8) is 0 Å². The molecule has 2 aliphatic rings. The lowest BCUT2D eigenvalue weighted by atomic mass is 10.2. The predicted octanol–water partition coefficient (Wildman–Crippen LogP) is 0.117. The van der Waals surface area contributed by atoms with Crippen molar-refractivity contribution < 1.29 is 9.53 Å². The van der Waals surface area contributed by atoms with Gasteiger partial charge in [0, 0.05) is 26.2 Å². The van der Waals surface area contributed by atoms with Crippen LogP contribution in [0.3, 0.4) is 0 Å². The van der Waals surface area contributed by atoms with Gasteiger partial charge in [0.05, 0.1) is 19.3 Å². The topological polar surface area (TPSA) is 36.0 Å².